The van der Waals surface area contributed by atoms with E-state index in [9.17, 15) is 4.79 Å². The maximum Gasteiger partial charge on any atom is 0.356 e. The van der Waals surface area contributed by atoms with E-state index in [0.29, 0.717) is 10.8 Å². The van der Waals surface area contributed by atoms with Crippen molar-refractivity contribution in [3.8, 4) is 0 Å². The third kappa shape index (κ3) is 3.09. The van der Waals surface area contributed by atoms with E-state index >= 15 is 0 Å². The number of nitrogens with zero attached hydrogens (tertiary/aromatic N) is 4. The minimum Gasteiger partial charge on any atom is -0.476 e. The highest BCUT2D eigenvalue weighted by molar-refractivity contribution is 6.32. The Bertz CT molecular complexity index is 679. The quantitative estimate of drug-likeness (QED) is 0.889. The van der Waals surface area contributed by atoms with Crippen LogP contribution < -0.4 is 10.2 Å². The topological polar surface area (TPSA) is 91.2 Å². The van der Waals surface area contributed by atoms with Gasteiger partial charge >= 0.3 is 5.97 Å². The Morgan fingerprint density at radius 1 is 1.36 bits per heavy atom. The summed E-state index contributed by atoms with van der Waals surface area (Å²) in [6.07, 6.45) is 5.31. The van der Waals surface area contributed by atoms with Crippen LogP contribution in [0.4, 0.5) is 11.6 Å². The molecule has 1 unspecified atom stereocenters. The fourth-order valence-corrected chi connectivity index (χ4v) is 2.64. The fourth-order valence-electron chi connectivity index (χ4n) is 2.40. The number of hydrogen-bond acceptors (Lipinski definition) is 6. The smallest absolute Gasteiger partial charge is 0.356 e. The molecule has 3 heterocycles. The van der Waals surface area contributed by atoms with Crippen molar-refractivity contribution in [1.29, 1.82) is 0 Å². The van der Waals surface area contributed by atoms with Crippen LogP contribution in [0.5, 0.6) is 0 Å². The predicted octanol–water partition coefficient (Wildman–Crippen LogP) is 1.91. The van der Waals surface area contributed by atoms with Crippen LogP contribution in [0, 0.1) is 0 Å². The van der Waals surface area contributed by atoms with Gasteiger partial charge in [0.1, 0.15) is 11.6 Å². The van der Waals surface area contributed by atoms with Gasteiger partial charge in [-0.2, -0.15) is 0 Å². The molecule has 22 heavy (non-hydrogen) atoms. The molecule has 7 nitrogen and oxygen atoms in total. The van der Waals surface area contributed by atoms with Gasteiger partial charge in [0, 0.05) is 25.3 Å². The second kappa shape index (κ2) is 6.15. The molecule has 114 valence electrons. The summed E-state index contributed by atoms with van der Waals surface area (Å²) in [6, 6.07) is 3.81. The summed E-state index contributed by atoms with van der Waals surface area (Å²) in [6.45, 7) is 1.59. The lowest BCUT2D eigenvalue weighted by Crippen LogP contribution is -2.27. The molecule has 1 atom stereocenters. The highest BCUT2D eigenvalue weighted by Crippen LogP contribution is 2.26. The molecule has 0 amide bonds. The van der Waals surface area contributed by atoms with E-state index in [1.165, 1.54) is 12.4 Å². The second-order valence-corrected chi connectivity index (χ2v) is 5.38. The molecule has 1 saturated heterocycles. The van der Waals surface area contributed by atoms with Crippen molar-refractivity contribution in [3.63, 3.8) is 0 Å². The number of carboxylic acids is 1. The van der Waals surface area contributed by atoms with Gasteiger partial charge in [-0.05, 0) is 18.6 Å². The molecule has 1 aliphatic heterocycles. The van der Waals surface area contributed by atoms with Gasteiger partial charge in [0.15, 0.2) is 5.69 Å². The zero-order valence-electron chi connectivity index (χ0n) is 11.6. The molecule has 1 fully saturated rings. The molecule has 0 aromatic carbocycles. The summed E-state index contributed by atoms with van der Waals surface area (Å²) in [5.41, 5.74) is -0.0705. The van der Waals surface area contributed by atoms with Crippen LogP contribution in [0.2, 0.25) is 5.02 Å². The molecule has 0 radical (unpaired) electrons. The molecule has 8 heteroatoms. The van der Waals surface area contributed by atoms with E-state index in [1.54, 1.807) is 12.3 Å². The van der Waals surface area contributed by atoms with Crippen LogP contribution in [0.25, 0.3) is 0 Å². The number of pyridine rings is 1. The Kier molecular flexibility index (Phi) is 4.06. The SMILES string of the molecule is O=C(O)c1cnc(NC2CCN(c3ncccc3Cl)C2)cn1. The molecule has 0 aliphatic carbocycles. The van der Waals surface area contributed by atoms with Gasteiger partial charge < -0.3 is 15.3 Å². The van der Waals surface area contributed by atoms with Crippen molar-refractivity contribution in [3.05, 3.63) is 41.4 Å². The summed E-state index contributed by atoms with van der Waals surface area (Å²) in [5.74, 6) is 0.251. The van der Waals surface area contributed by atoms with Crippen LogP contribution >= 0.6 is 11.6 Å². The Morgan fingerprint density at radius 2 is 2.23 bits per heavy atom. The highest BCUT2D eigenvalue weighted by Gasteiger charge is 2.25. The average molecular weight is 320 g/mol. The molecule has 2 aromatic rings. The average Bonchev–Trinajstić information content (AvgIpc) is 2.96. The molecular weight excluding hydrogens is 306 g/mol. The third-order valence-electron chi connectivity index (χ3n) is 3.45. The molecule has 0 spiro atoms. The van der Waals surface area contributed by atoms with Crippen molar-refractivity contribution in [2.45, 2.75) is 12.5 Å². The van der Waals surface area contributed by atoms with Crippen molar-refractivity contribution < 1.29 is 9.90 Å². The zero-order valence-corrected chi connectivity index (χ0v) is 12.4. The van der Waals surface area contributed by atoms with Crippen LogP contribution in [0.1, 0.15) is 16.9 Å². The lowest BCUT2D eigenvalue weighted by atomic mass is 10.2. The minimum atomic E-state index is -1.09. The molecule has 0 bridgehead atoms. The third-order valence-corrected chi connectivity index (χ3v) is 3.74. The van der Waals surface area contributed by atoms with E-state index in [2.05, 4.69) is 25.2 Å². The Morgan fingerprint density at radius 3 is 2.91 bits per heavy atom. The number of halogens is 1. The first-order valence-corrected chi connectivity index (χ1v) is 7.18. The Labute approximate surface area is 132 Å². The standard InChI is InChI=1S/C14H14ClN5O2/c15-10-2-1-4-16-13(10)20-5-3-9(8-20)19-12-7-17-11(6-18-12)14(21)22/h1-2,4,6-7,9H,3,5,8H2,(H,18,19)(H,21,22). The number of carboxylic acid groups (broad SMARTS) is 1. The summed E-state index contributed by atoms with van der Waals surface area (Å²) >= 11 is 6.16. The van der Waals surface area contributed by atoms with E-state index in [-0.39, 0.29) is 11.7 Å². The first-order valence-electron chi connectivity index (χ1n) is 6.81. The number of nitrogens with one attached hydrogen (secondary N) is 1. The van der Waals surface area contributed by atoms with Crippen LogP contribution in [-0.2, 0) is 0 Å². The van der Waals surface area contributed by atoms with E-state index in [1.807, 2.05) is 6.07 Å². The molecule has 3 rings (SSSR count). The van der Waals surface area contributed by atoms with E-state index in [4.69, 9.17) is 16.7 Å². The first-order chi connectivity index (χ1) is 10.6. The van der Waals surface area contributed by atoms with Crippen LogP contribution in [0.3, 0.4) is 0 Å². The Balaban J connectivity index is 1.63. The molecule has 2 N–H and O–H groups in total. The maximum atomic E-state index is 10.7. The van der Waals surface area contributed by atoms with Crippen LogP contribution in [0.15, 0.2) is 30.7 Å². The van der Waals surface area contributed by atoms with Crippen molar-refractivity contribution in [2.75, 3.05) is 23.3 Å². The molecular formula is C14H14ClN5O2. The first kappa shape index (κ1) is 14.5. The van der Waals surface area contributed by atoms with Gasteiger partial charge in [-0.1, -0.05) is 11.6 Å². The fraction of sp³-hybridized carbons (Fsp3) is 0.286. The predicted molar refractivity (Wildman–Crippen MR) is 82.5 cm³/mol. The number of aromatic nitrogens is 3. The van der Waals surface area contributed by atoms with Gasteiger partial charge in [0.25, 0.3) is 0 Å². The zero-order chi connectivity index (χ0) is 15.5. The van der Waals surface area contributed by atoms with Crippen molar-refractivity contribution >= 4 is 29.2 Å². The van der Waals surface area contributed by atoms with E-state index < -0.39 is 5.97 Å². The van der Waals surface area contributed by atoms with E-state index in [0.717, 1.165) is 25.3 Å². The number of rotatable bonds is 4. The van der Waals surface area contributed by atoms with Gasteiger partial charge in [-0.3, -0.25) is 0 Å². The maximum absolute atomic E-state index is 10.7. The van der Waals surface area contributed by atoms with Crippen LogP contribution in [-0.4, -0.2) is 45.2 Å². The number of hydrogen-bond donors (Lipinski definition) is 2. The number of anilines is 2. The summed E-state index contributed by atoms with van der Waals surface area (Å²) < 4.78 is 0. The summed E-state index contributed by atoms with van der Waals surface area (Å²) in [4.78, 5) is 25.1. The molecule has 2 aromatic heterocycles. The van der Waals surface area contributed by atoms with Crippen molar-refractivity contribution in [2.24, 2.45) is 0 Å². The van der Waals surface area contributed by atoms with Gasteiger partial charge in [-0.25, -0.2) is 19.7 Å². The second-order valence-electron chi connectivity index (χ2n) is 4.98. The molecule has 1 aliphatic rings. The summed E-state index contributed by atoms with van der Waals surface area (Å²) in [7, 11) is 0. The normalized spacial score (nSPS) is 17.5. The van der Waals surface area contributed by atoms with Gasteiger partial charge in [0.05, 0.1) is 17.4 Å². The molecule has 0 saturated carbocycles. The van der Waals surface area contributed by atoms with Gasteiger partial charge in [-0.15, -0.1) is 0 Å². The number of carbonyl (C=O) groups is 1. The Hall–Kier alpha value is -2.41. The largest absolute Gasteiger partial charge is 0.476 e. The minimum absolute atomic E-state index is 0.0705. The van der Waals surface area contributed by atoms with Crippen molar-refractivity contribution in [1.82, 2.24) is 15.0 Å². The lowest BCUT2D eigenvalue weighted by Gasteiger charge is -2.19. The summed E-state index contributed by atoms with van der Waals surface area (Å²) in [5, 5.41) is 12.7. The number of aromatic carboxylic acids is 1. The monoisotopic (exact) mass is 319 g/mol. The highest BCUT2D eigenvalue weighted by atomic mass is 35.5. The van der Waals surface area contributed by atoms with Gasteiger partial charge in [0.2, 0.25) is 0 Å². The lowest BCUT2D eigenvalue weighted by molar-refractivity contribution is 0.0690.